The van der Waals surface area contributed by atoms with Gasteiger partial charge in [0.05, 0.1) is 36.6 Å². The molecule has 3 aromatic carbocycles. The van der Waals surface area contributed by atoms with E-state index >= 15 is 0 Å². The van der Waals surface area contributed by atoms with E-state index in [4.69, 9.17) is 19.2 Å². The number of thiazole rings is 1. The summed E-state index contributed by atoms with van der Waals surface area (Å²) in [6.07, 6.45) is 3.27. The Morgan fingerprint density at radius 2 is 1.81 bits per heavy atom. The van der Waals surface area contributed by atoms with Gasteiger partial charge in [0, 0.05) is 5.56 Å². The van der Waals surface area contributed by atoms with Crippen LogP contribution < -0.4 is 24.4 Å². The molecule has 43 heavy (non-hydrogen) atoms. The molecule has 0 saturated carbocycles. The lowest BCUT2D eigenvalue weighted by atomic mass is 9.90. The van der Waals surface area contributed by atoms with Gasteiger partial charge in [0.2, 0.25) is 0 Å². The highest BCUT2D eigenvalue weighted by atomic mass is 32.1. The van der Waals surface area contributed by atoms with Gasteiger partial charge in [0.15, 0.2) is 4.80 Å². The number of aryl methyl sites for hydroxylation is 1. The number of benzene rings is 3. The van der Waals surface area contributed by atoms with Crippen molar-refractivity contribution in [2.24, 2.45) is 4.99 Å². The predicted molar refractivity (Wildman–Crippen MR) is 172 cm³/mol. The molecule has 1 aliphatic heterocycles. The first-order valence-corrected chi connectivity index (χ1v) is 15.5. The zero-order valence-corrected chi connectivity index (χ0v) is 26.6. The third-order valence-corrected chi connectivity index (χ3v) is 8.83. The van der Waals surface area contributed by atoms with Crippen molar-refractivity contribution in [3.05, 3.63) is 102 Å². The van der Waals surface area contributed by atoms with Crippen LogP contribution in [-0.2, 0) is 9.53 Å². The van der Waals surface area contributed by atoms with Crippen molar-refractivity contribution in [2.45, 2.75) is 59.4 Å². The van der Waals surface area contributed by atoms with E-state index in [9.17, 15) is 9.59 Å². The minimum atomic E-state index is -0.775. The molecule has 0 amide bonds. The van der Waals surface area contributed by atoms with Crippen molar-refractivity contribution in [2.75, 3.05) is 20.8 Å². The number of aromatic nitrogens is 1. The monoisotopic (exact) mass is 598 g/mol. The molecular formula is C35H38N2O5S. The zero-order valence-electron chi connectivity index (χ0n) is 25.8. The van der Waals surface area contributed by atoms with Crippen molar-refractivity contribution in [3.63, 3.8) is 0 Å². The van der Waals surface area contributed by atoms with E-state index in [2.05, 4.69) is 19.9 Å². The van der Waals surface area contributed by atoms with E-state index in [1.807, 2.05) is 62.4 Å². The molecule has 7 nitrogen and oxygen atoms in total. The molecule has 4 aromatic rings. The minimum Gasteiger partial charge on any atom is -0.496 e. The molecular weight excluding hydrogens is 560 g/mol. The molecule has 0 N–H and O–H groups in total. The molecule has 2 heterocycles. The number of nitrogens with zero attached hydrogens (tertiary/aromatic N) is 2. The Bertz CT molecular complexity index is 1910. The zero-order chi connectivity index (χ0) is 30.8. The van der Waals surface area contributed by atoms with E-state index in [0.717, 1.165) is 45.2 Å². The fourth-order valence-corrected chi connectivity index (χ4v) is 6.78. The molecule has 0 spiro atoms. The van der Waals surface area contributed by atoms with E-state index in [-0.39, 0.29) is 18.1 Å². The number of hydrogen-bond donors (Lipinski definition) is 0. The molecule has 0 bridgehead atoms. The standard InChI is InChI=1S/C35H38N2O5S/c1-8-12-26-31(34(39)42-9-2)32(30-24-14-11-10-13-22(24)15-16-27(30)40-6)37-33(38)29(43-35(37)36-26)19-23-18-25(20(3)4)28(41-7)17-21(23)5/h10-11,13-20,32H,8-9,12H2,1-7H3/b29-19+/t32-/m1/s1. The number of ether oxygens (including phenoxy) is 3. The van der Waals surface area contributed by atoms with Gasteiger partial charge >= 0.3 is 5.97 Å². The molecule has 0 aliphatic carbocycles. The molecule has 1 aliphatic rings. The maximum absolute atomic E-state index is 14.4. The van der Waals surface area contributed by atoms with Crippen LogP contribution in [0.25, 0.3) is 16.8 Å². The first-order chi connectivity index (χ1) is 20.7. The van der Waals surface area contributed by atoms with Crippen LogP contribution in [0.1, 0.15) is 74.8 Å². The third-order valence-electron chi connectivity index (χ3n) is 7.84. The fraction of sp³-hybridized carbons (Fsp3) is 0.343. The second-order valence-electron chi connectivity index (χ2n) is 10.9. The van der Waals surface area contributed by atoms with E-state index in [1.165, 1.54) is 11.3 Å². The first kappa shape index (κ1) is 30.3. The largest absolute Gasteiger partial charge is 0.496 e. The lowest BCUT2D eigenvalue weighted by Gasteiger charge is -2.28. The van der Waals surface area contributed by atoms with Gasteiger partial charge in [-0.2, -0.15) is 0 Å². The summed E-state index contributed by atoms with van der Waals surface area (Å²) in [6, 6.07) is 15.1. The number of hydrogen-bond acceptors (Lipinski definition) is 7. The van der Waals surface area contributed by atoms with Crippen LogP contribution >= 0.6 is 11.3 Å². The highest BCUT2D eigenvalue weighted by Crippen LogP contribution is 2.41. The molecule has 0 saturated heterocycles. The molecule has 0 fully saturated rings. The van der Waals surface area contributed by atoms with Crippen molar-refractivity contribution in [3.8, 4) is 11.5 Å². The summed E-state index contributed by atoms with van der Waals surface area (Å²) in [4.78, 5) is 33.6. The number of esters is 1. The molecule has 224 valence electrons. The summed E-state index contributed by atoms with van der Waals surface area (Å²) in [6.45, 7) is 10.3. The minimum absolute atomic E-state index is 0.209. The van der Waals surface area contributed by atoms with Gasteiger partial charge in [-0.1, -0.05) is 68.9 Å². The Balaban J connectivity index is 1.86. The summed E-state index contributed by atoms with van der Waals surface area (Å²) in [5.41, 5.74) is 4.53. The average Bonchev–Trinajstić information content (AvgIpc) is 3.30. The van der Waals surface area contributed by atoms with Gasteiger partial charge in [0.25, 0.3) is 5.56 Å². The lowest BCUT2D eigenvalue weighted by Crippen LogP contribution is -2.40. The van der Waals surface area contributed by atoms with Crippen molar-refractivity contribution in [1.29, 1.82) is 0 Å². The summed E-state index contributed by atoms with van der Waals surface area (Å²) in [7, 11) is 3.28. The second-order valence-corrected chi connectivity index (χ2v) is 11.9. The summed E-state index contributed by atoms with van der Waals surface area (Å²) in [5.74, 6) is 1.19. The molecule has 0 radical (unpaired) electrons. The topological polar surface area (TPSA) is 79.1 Å². The van der Waals surface area contributed by atoms with Crippen LogP contribution in [0.15, 0.2) is 69.6 Å². The Morgan fingerprint density at radius 3 is 2.49 bits per heavy atom. The van der Waals surface area contributed by atoms with Crippen molar-refractivity contribution < 1.29 is 19.0 Å². The number of fused-ring (bicyclic) bond motifs is 2. The molecule has 8 heteroatoms. The van der Waals surface area contributed by atoms with Gasteiger partial charge in [-0.05, 0) is 77.9 Å². The normalized spacial score (nSPS) is 15.1. The van der Waals surface area contributed by atoms with E-state index < -0.39 is 12.0 Å². The SMILES string of the molecule is CCCC1=C(C(=O)OCC)[C@@H](c2c(OC)ccc3ccccc23)n2c(s/c(=C/c3cc(C(C)C)c(OC)cc3C)c2=O)=N1. The Morgan fingerprint density at radius 1 is 1.07 bits per heavy atom. The molecule has 0 unspecified atom stereocenters. The number of carbonyl (C=O) groups is 1. The van der Waals surface area contributed by atoms with Crippen molar-refractivity contribution >= 4 is 34.2 Å². The predicted octanol–water partition coefficient (Wildman–Crippen LogP) is 6.18. The number of rotatable bonds is 9. The maximum Gasteiger partial charge on any atom is 0.338 e. The van der Waals surface area contributed by atoms with Crippen LogP contribution in [0.3, 0.4) is 0 Å². The van der Waals surface area contributed by atoms with Gasteiger partial charge in [-0.3, -0.25) is 9.36 Å². The Kier molecular flexibility index (Phi) is 8.87. The van der Waals surface area contributed by atoms with Gasteiger partial charge in [0.1, 0.15) is 17.5 Å². The highest BCUT2D eigenvalue weighted by molar-refractivity contribution is 7.07. The average molecular weight is 599 g/mol. The molecule has 1 aromatic heterocycles. The van der Waals surface area contributed by atoms with Crippen LogP contribution in [0, 0.1) is 6.92 Å². The highest BCUT2D eigenvalue weighted by Gasteiger charge is 2.37. The quantitative estimate of drug-likeness (QED) is 0.215. The van der Waals surface area contributed by atoms with E-state index in [1.54, 1.807) is 25.7 Å². The number of allylic oxidation sites excluding steroid dienone is 1. The lowest BCUT2D eigenvalue weighted by molar-refractivity contribution is -0.139. The van der Waals surface area contributed by atoms with Crippen LogP contribution in [0.4, 0.5) is 0 Å². The maximum atomic E-state index is 14.4. The summed E-state index contributed by atoms with van der Waals surface area (Å²) in [5, 5.41) is 1.88. The van der Waals surface area contributed by atoms with Crippen LogP contribution in [0.2, 0.25) is 0 Å². The molecule has 5 rings (SSSR count). The second kappa shape index (κ2) is 12.6. The van der Waals surface area contributed by atoms with Crippen LogP contribution in [0.5, 0.6) is 11.5 Å². The first-order valence-electron chi connectivity index (χ1n) is 14.7. The fourth-order valence-electron chi connectivity index (χ4n) is 5.77. The number of methoxy groups -OCH3 is 2. The van der Waals surface area contributed by atoms with E-state index in [0.29, 0.717) is 32.8 Å². The summed E-state index contributed by atoms with van der Waals surface area (Å²) >= 11 is 1.33. The van der Waals surface area contributed by atoms with Gasteiger partial charge in [-0.25, -0.2) is 9.79 Å². The van der Waals surface area contributed by atoms with Crippen LogP contribution in [-0.4, -0.2) is 31.4 Å². The van der Waals surface area contributed by atoms with Crippen molar-refractivity contribution in [1.82, 2.24) is 4.57 Å². The van der Waals surface area contributed by atoms with Gasteiger partial charge < -0.3 is 14.2 Å². The third kappa shape index (κ3) is 5.52. The van der Waals surface area contributed by atoms with Gasteiger partial charge in [-0.15, -0.1) is 0 Å². The number of carbonyl (C=O) groups excluding carboxylic acids is 1. The smallest absolute Gasteiger partial charge is 0.338 e. The Labute approximate surface area is 255 Å². The summed E-state index contributed by atoms with van der Waals surface area (Å²) < 4.78 is 19.3. The Hall–Kier alpha value is -4.17. The molecule has 1 atom stereocenters.